The van der Waals surface area contributed by atoms with E-state index in [0.717, 1.165) is 0 Å². The maximum atomic E-state index is 8.11. The summed E-state index contributed by atoms with van der Waals surface area (Å²) in [6.07, 6.45) is 0. The predicted octanol–water partition coefficient (Wildman–Crippen LogP) is -1.28. The molecule has 0 bridgehead atoms. The maximum Gasteiger partial charge on any atom is 0.154 e. The molecule has 0 amide bonds. The minimum atomic E-state index is 1.25. The Bertz CT molecular complexity index is 50.6. The van der Waals surface area contributed by atoms with Gasteiger partial charge in [0, 0.05) is 0 Å². The van der Waals surface area contributed by atoms with Crippen LogP contribution in [0.1, 0.15) is 0 Å². The third-order valence-electron chi connectivity index (χ3n) is 0. The van der Waals surface area contributed by atoms with Gasteiger partial charge in [-0.3, -0.25) is 5.53 Å². The largest absolute Gasteiger partial charge is 0.294 e. The number of nitroso groups, excluding NO2 is 1. The summed E-state index contributed by atoms with van der Waals surface area (Å²) in [6.45, 7) is 0. The molecule has 0 fully saturated rings. The molecule has 0 aromatic carbocycles. The van der Waals surface area contributed by atoms with Crippen LogP contribution < -0.4 is 10.2 Å². The lowest BCUT2D eigenvalue weighted by atomic mass is 13.2. The molecule has 0 rings (SSSR count). The number of hydrogen-bond acceptors (Lipinski definition) is 3. The lowest BCUT2D eigenvalue weighted by Crippen LogP contribution is -1.82. The Kier molecular flexibility index (Phi) is 79.5. The van der Waals surface area contributed by atoms with Crippen molar-refractivity contribution < 1.29 is 5.26 Å². The van der Waals surface area contributed by atoms with Gasteiger partial charge in [-0.25, -0.2) is 0 Å². The lowest BCUT2D eigenvalue weighted by Gasteiger charge is -1.19. The van der Waals surface area contributed by atoms with Crippen molar-refractivity contribution in [3.8, 4) is 0 Å². The van der Waals surface area contributed by atoms with Crippen LogP contribution in [0.5, 0.6) is 0 Å². The standard InChI is InChI=1S/N2O.O3/c1-2-3;1-3-2. The monoisotopic (exact) mass is 92.0 g/mol. The van der Waals surface area contributed by atoms with Crippen molar-refractivity contribution in [3.63, 3.8) is 0 Å². The van der Waals surface area contributed by atoms with Crippen LogP contribution in [0.3, 0.4) is 0 Å². The maximum absolute atomic E-state index is 8.11. The summed E-state index contributed by atoms with van der Waals surface area (Å²) in [4.78, 5) is 17.2. The Balaban J connectivity index is 0. The fourth-order valence-corrected chi connectivity index (χ4v) is 0. The van der Waals surface area contributed by atoms with Crippen LogP contribution in [0, 0.1) is 14.6 Å². The molecule has 0 unspecified atom stereocenters. The SMILES string of the molecule is O=[O+][O-].[N-]=[N+]=O. The number of nitrogens with zero attached hydrogens (tertiary/aromatic N) is 2. The summed E-state index contributed by atoms with van der Waals surface area (Å²) in [7, 11) is 0. The second-order valence-corrected chi connectivity index (χ2v) is 0.150. The van der Waals surface area contributed by atoms with E-state index in [1.807, 2.05) is 0 Å². The third-order valence-corrected chi connectivity index (χ3v) is 0. The molecule has 0 aliphatic rings. The average molecular weight is 92.0 g/mol. The first-order valence-corrected chi connectivity index (χ1v) is 0.716. The average Bonchev–Trinajstić information content (AvgIpc) is 1.39. The van der Waals surface area contributed by atoms with Crippen LogP contribution in [-0.2, 0) is 0 Å². The molecule has 0 heterocycles. The zero-order valence-electron chi connectivity index (χ0n) is 2.53. The highest BCUT2D eigenvalue weighted by Crippen LogP contribution is 1.00. The Labute approximate surface area is 31.7 Å². The van der Waals surface area contributed by atoms with Gasteiger partial charge >= 0.3 is 0 Å². The number of rotatable bonds is 0. The fourth-order valence-electron chi connectivity index (χ4n) is 0. The molecule has 6 heteroatoms. The Morgan fingerprint density at radius 1 is 1.83 bits per heavy atom. The van der Waals surface area contributed by atoms with Gasteiger partial charge in [0.05, 0.1) is 0 Å². The van der Waals surface area contributed by atoms with Crippen molar-refractivity contribution in [2.75, 3.05) is 0 Å². The molecule has 0 aliphatic carbocycles. The van der Waals surface area contributed by atoms with Gasteiger partial charge in [-0.1, -0.05) is 10.2 Å². The van der Waals surface area contributed by atoms with Gasteiger partial charge in [-0.05, 0) is 0 Å². The third kappa shape index (κ3) is 4.76. The molecule has 0 aromatic rings. The second-order valence-electron chi connectivity index (χ2n) is 0.150. The molecule has 0 spiro atoms. The quantitative estimate of drug-likeness (QED) is 0.122. The van der Waals surface area contributed by atoms with Crippen molar-refractivity contribution in [2.24, 2.45) is 0 Å². The summed E-state index contributed by atoms with van der Waals surface area (Å²) in [5.41, 5.74) is 6.64. The minimum absolute atomic E-state index is 1.25. The lowest BCUT2D eigenvalue weighted by molar-refractivity contribution is -0.284. The Morgan fingerprint density at radius 2 is 1.83 bits per heavy atom. The van der Waals surface area contributed by atoms with Gasteiger partial charge < -0.3 is 0 Å². The van der Waals surface area contributed by atoms with E-state index in [2.05, 4.69) is 0 Å². The second kappa shape index (κ2) is 54.1. The summed E-state index contributed by atoms with van der Waals surface area (Å²) in [5, 5.41) is 7.88. The van der Waals surface area contributed by atoms with E-state index in [4.69, 9.17) is 20.7 Å². The summed E-state index contributed by atoms with van der Waals surface area (Å²) < 4.78 is 1.75. The van der Waals surface area contributed by atoms with E-state index >= 15 is 0 Å². The van der Waals surface area contributed by atoms with E-state index in [1.54, 1.807) is 4.75 Å². The van der Waals surface area contributed by atoms with E-state index < -0.39 is 0 Å². The summed E-state index contributed by atoms with van der Waals surface area (Å²) in [5.74, 6) is 0. The molecule has 6 nitrogen and oxygen atoms in total. The van der Waals surface area contributed by atoms with Crippen LogP contribution in [-0.4, -0.2) is 0 Å². The van der Waals surface area contributed by atoms with Gasteiger partial charge in [0.25, 0.3) is 0 Å². The molecule has 34 valence electrons. The normalized spacial score (nSPS) is 3.33. The number of hydrogen-bond donors (Lipinski definition) is 0. The topological polar surface area (TPSA) is 105 Å². The predicted molar refractivity (Wildman–Crippen MR) is 15.6 cm³/mol. The van der Waals surface area contributed by atoms with Gasteiger partial charge in [0.15, 0.2) is 9.65 Å². The van der Waals surface area contributed by atoms with Crippen molar-refractivity contribution in [1.29, 1.82) is 0 Å². The van der Waals surface area contributed by atoms with Gasteiger partial charge in [0.1, 0.15) is 4.97 Å². The molecule has 0 atom stereocenters. The molecular formula is N2O4. The molecule has 0 aromatic heterocycles. The first-order valence-electron chi connectivity index (χ1n) is 0.716. The zero-order valence-corrected chi connectivity index (χ0v) is 2.53. The first-order chi connectivity index (χ1) is 2.83. The summed E-state index contributed by atoms with van der Waals surface area (Å²) >= 11 is 0. The molecule has 0 aliphatic heterocycles. The first kappa shape index (κ1) is 8.83. The molecule has 6 heavy (non-hydrogen) atoms. The van der Waals surface area contributed by atoms with E-state index in [1.165, 1.54) is 4.97 Å². The van der Waals surface area contributed by atoms with Gasteiger partial charge in [0.2, 0.25) is 0 Å². The molecular weight excluding hydrogens is 92.0 g/mol. The van der Waals surface area contributed by atoms with Crippen molar-refractivity contribution in [2.45, 2.75) is 0 Å². The van der Waals surface area contributed by atoms with Gasteiger partial charge in [-0.15, -0.1) is 0 Å². The van der Waals surface area contributed by atoms with Crippen LogP contribution in [0.4, 0.5) is 0 Å². The van der Waals surface area contributed by atoms with E-state index in [0.29, 0.717) is 0 Å². The minimum Gasteiger partial charge on any atom is -0.294 e. The van der Waals surface area contributed by atoms with Crippen molar-refractivity contribution in [1.82, 2.24) is 4.97 Å². The smallest absolute Gasteiger partial charge is 0.154 e. The van der Waals surface area contributed by atoms with E-state index in [-0.39, 0.29) is 0 Å². The Morgan fingerprint density at radius 3 is 1.83 bits per heavy atom. The highest BCUT2D eigenvalue weighted by atomic mass is 17.2. The fraction of sp³-hybridized carbons (Fsp3) is 0. The van der Waals surface area contributed by atoms with Crippen LogP contribution in [0.25, 0.3) is 5.53 Å². The molecule has 0 radical (unpaired) electrons. The highest BCUT2D eigenvalue weighted by Gasteiger charge is 1.27. The molecule has 0 saturated heterocycles. The van der Waals surface area contributed by atoms with Crippen molar-refractivity contribution in [3.05, 3.63) is 20.1 Å². The van der Waals surface area contributed by atoms with Crippen LogP contribution in [0.2, 0.25) is 0 Å². The molecule has 0 N–H and O–H groups in total. The zero-order chi connectivity index (χ0) is 5.41. The van der Waals surface area contributed by atoms with Crippen molar-refractivity contribution >= 4 is 0 Å². The highest BCUT2D eigenvalue weighted by molar-refractivity contribution is 4.20. The molecule has 0 saturated carbocycles. The Hall–Kier alpha value is -1.29. The van der Waals surface area contributed by atoms with E-state index in [9.17, 15) is 0 Å². The van der Waals surface area contributed by atoms with Gasteiger partial charge in [-0.2, -0.15) is 0 Å². The summed E-state index contributed by atoms with van der Waals surface area (Å²) in [6, 6.07) is 0. The van der Waals surface area contributed by atoms with Crippen LogP contribution in [0.15, 0.2) is 0 Å². The van der Waals surface area contributed by atoms with Crippen LogP contribution >= 0.6 is 0 Å².